The third kappa shape index (κ3) is 4.91. The third-order valence-electron chi connectivity index (χ3n) is 2.56. The van der Waals surface area contributed by atoms with E-state index in [1.54, 1.807) is 18.9 Å². The van der Waals surface area contributed by atoms with Gasteiger partial charge >= 0.3 is 0 Å². The predicted octanol–water partition coefficient (Wildman–Crippen LogP) is 0.858. The molecule has 1 saturated heterocycles. The Bertz CT molecular complexity index is 211. The summed E-state index contributed by atoms with van der Waals surface area (Å²) in [4.78, 5) is 11.6. The van der Waals surface area contributed by atoms with Crippen molar-refractivity contribution in [2.24, 2.45) is 5.92 Å². The molecule has 1 aliphatic rings. The van der Waals surface area contributed by atoms with Crippen LogP contribution < -0.4 is 10.6 Å². The van der Waals surface area contributed by atoms with Crippen molar-refractivity contribution >= 4 is 30.1 Å². The molecule has 0 aromatic rings. The van der Waals surface area contributed by atoms with Crippen LogP contribution in [0.2, 0.25) is 0 Å². The Morgan fingerprint density at radius 3 is 2.75 bits per heavy atom. The molecule has 6 heteroatoms. The molecule has 96 valence electrons. The van der Waals surface area contributed by atoms with Gasteiger partial charge in [-0.25, -0.2) is 0 Å². The van der Waals surface area contributed by atoms with Crippen LogP contribution in [0.25, 0.3) is 0 Å². The van der Waals surface area contributed by atoms with Crippen LogP contribution in [0.1, 0.15) is 13.8 Å². The van der Waals surface area contributed by atoms with Crippen molar-refractivity contribution in [1.29, 1.82) is 0 Å². The SMILES string of the molecule is COC(CNC(=O)C1CSCN1)C(C)C.Cl. The van der Waals surface area contributed by atoms with E-state index in [-0.39, 0.29) is 30.5 Å². The van der Waals surface area contributed by atoms with Crippen molar-refractivity contribution in [2.45, 2.75) is 26.0 Å². The Morgan fingerprint density at radius 2 is 2.31 bits per heavy atom. The van der Waals surface area contributed by atoms with Crippen LogP contribution in [-0.2, 0) is 9.53 Å². The normalized spacial score (nSPS) is 21.6. The highest BCUT2D eigenvalue weighted by Gasteiger charge is 2.23. The molecule has 1 aliphatic heterocycles. The lowest BCUT2D eigenvalue weighted by Gasteiger charge is -2.20. The first kappa shape index (κ1) is 16.0. The summed E-state index contributed by atoms with van der Waals surface area (Å²) in [7, 11) is 1.68. The van der Waals surface area contributed by atoms with Gasteiger partial charge in [0, 0.05) is 25.3 Å². The molecule has 1 heterocycles. The molecule has 16 heavy (non-hydrogen) atoms. The van der Waals surface area contributed by atoms with E-state index in [4.69, 9.17) is 4.74 Å². The van der Waals surface area contributed by atoms with Gasteiger partial charge in [-0.05, 0) is 5.92 Å². The first-order chi connectivity index (χ1) is 7.15. The molecule has 0 saturated carbocycles. The van der Waals surface area contributed by atoms with Crippen LogP contribution in [0.15, 0.2) is 0 Å². The third-order valence-corrected chi connectivity index (χ3v) is 3.50. The molecule has 0 aromatic heterocycles. The van der Waals surface area contributed by atoms with E-state index in [2.05, 4.69) is 24.5 Å². The zero-order valence-electron chi connectivity index (χ0n) is 9.99. The van der Waals surface area contributed by atoms with Crippen molar-refractivity contribution in [2.75, 3.05) is 25.3 Å². The quantitative estimate of drug-likeness (QED) is 0.777. The minimum Gasteiger partial charge on any atom is -0.379 e. The Balaban J connectivity index is 0.00000225. The molecule has 1 fully saturated rings. The number of nitrogens with one attached hydrogen (secondary N) is 2. The topological polar surface area (TPSA) is 50.4 Å². The number of carbonyl (C=O) groups is 1. The van der Waals surface area contributed by atoms with E-state index in [1.165, 1.54) is 0 Å². The Kier molecular flexibility index (Phi) is 8.18. The molecule has 2 N–H and O–H groups in total. The average molecular weight is 269 g/mol. The minimum absolute atomic E-state index is 0. The lowest BCUT2D eigenvalue weighted by atomic mass is 10.1. The molecule has 0 radical (unpaired) electrons. The van der Waals surface area contributed by atoms with Crippen molar-refractivity contribution in [3.8, 4) is 0 Å². The summed E-state index contributed by atoms with van der Waals surface area (Å²) < 4.78 is 5.28. The van der Waals surface area contributed by atoms with Gasteiger partial charge in [-0.3, -0.25) is 10.1 Å². The fourth-order valence-corrected chi connectivity index (χ4v) is 2.42. The first-order valence-electron chi connectivity index (χ1n) is 5.26. The number of thioether (sulfide) groups is 1. The van der Waals surface area contributed by atoms with Gasteiger partial charge in [-0.1, -0.05) is 13.8 Å². The van der Waals surface area contributed by atoms with Crippen molar-refractivity contribution in [3.05, 3.63) is 0 Å². The number of hydrogen-bond acceptors (Lipinski definition) is 4. The first-order valence-corrected chi connectivity index (χ1v) is 6.42. The average Bonchev–Trinajstić information content (AvgIpc) is 2.70. The number of rotatable bonds is 5. The molecule has 0 aromatic carbocycles. The Labute approximate surface area is 108 Å². The molecule has 2 unspecified atom stereocenters. The number of halogens is 1. The van der Waals surface area contributed by atoms with Crippen molar-refractivity contribution in [1.82, 2.24) is 10.6 Å². The second-order valence-corrected chi connectivity index (χ2v) is 5.07. The number of methoxy groups -OCH3 is 1. The zero-order chi connectivity index (χ0) is 11.3. The molecule has 1 rings (SSSR count). The number of ether oxygens (including phenoxy) is 1. The second-order valence-electron chi connectivity index (χ2n) is 4.04. The van der Waals surface area contributed by atoms with Crippen LogP contribution in [0.3, 0.4) is 0 Å². The summed E-state index contributed by atoms with van der Waals surface area (Å²) in [5.74, 6) is 2.24. The maximum absolute atomic E-state index is 11.6. The van der Waals surface area contributed by atoms with Gasteiger partial charge < -0.3 is 10.1 Å². The Hall–Kier alpha value is 0.0300. The van der Waals surface area contributed by atoms with Gasteiger partial charge in [0.25, 0.3) is 0 Å². The molecule has 4 nitrogen and oxygen atoms in total. The summed E-state index contributed by atoms with van der Waals surface area (Å²) in [5.41, 5.74) is 0. The number of amides is 1. The molecular formula is C10H21ClN2O2S. The van der Waals surface area contributed by atoms with Crippen molar-refractivity contribution in [3.63, 3.8) is 0 Å². The standard InChI is InChI=1S/C10H20N2O2S.ClH/c1-7(2)9(14-3)4-11-10(13)8-5-15-6-12-8;/h7-9,12H,4-6H2,1-3H3,(H,11,13);1H. The lowest BCUT2D eigenvalue weighted by molar-refractivity contribution is -0.123. The molecule has 0 bridgehead atoms. The van der Waals surface area contributed by atoms with Gasteiger partial charge in [0.05, 0.1) is 12.1 Å². The highest BCUT2D eigenvalue weighted by molar-refractivity contribution is 7.99. The summed E-state index contributed by atoms with van der Waals surface area (Å²) in [6, 6.07) is -0.0281. The van der Waals surface area contributed by atoms with Crippen LogP contribution in [0.4, 0.5) is 0 Å². The number of carbonyl (C=O) groups excluding carboxylic acids is 1. The van der Waals surface area contributed by atoms with Crippen LogP contribution in [0.5, 0.6) is 0 Å². The van der Waals surface area contributed by atoms with E-state index in [9.17, 15) is 4.79 Å². The summed E-state index contributed by atoms with van der Waals surface area (Å²) in [5, 5.41) is 6.05. The summed E-state index contributed by atoms with van der Waals surface area (Å²) in [6.45, 7) is 4.77. The second kappa shape index (κ2) is 8.17. The highest BCUT2D eigenvalue weighted by Crippen LogP contribution is 2.09. The van der Waals surface area contributed by atoms with Crippen LogP contribution >= 0.6 is 24.2 Å². The fraction of sp³-hybridized carbons (Fsp3) is 0.900. The Morgan fingerprint density at radius 1 is 1.62 bits per heavy atom. The maximum Gasteiger partial charge on any atom is 0.238 e. The van der Waals surface area contributed by atoms with Crippen molar-refractivity contribution < 1.29 is 9.53 Å². The van der Waals surface area contributed by atoms with Gasteiger partial charge in [0.2, 0.25) is 5.91 Å². The monoisotopic (exact) mass is 268 g/mol. The van der Waals surface area contributed by atoms with Gasteiger partial charge in [0.1, 0.15) is 0 Å². The van der Waals surface area contributed by atoms with E-state index >= 15 is 0 Å². The highest BCUT2D eigenvalue weighted by atomic mass is 35.5. The van der Waals surface area contributed by atoms with E-state index in [1.807, 2.05) is 0 Å². The van der Waals surface area contributed by atoms with Gasteiger partial charge in [0.15, 0.2) is 0 Å². The molecule has 1 amide bonds. The van der Waals surface area contributed by atoms with Crippen LogP contribution in [0, 0.1) is 5.92 Å². The smallest absolute Gasteiger partial charge is 0.238 e. The minimum atomic E-state index is -0.0281. The molecular weight excluding hydrogens is 248 g/mol. The van der Waals surface area contributed by atoms with E-state index < -0.39 is 0 Å². The van der Waals surface area contributed by atoms with Gasteiger partial charge in [-0.2, -0.15) is 0 Å². The summed E-state index contributed by atoms with van der Waals surface area (Å²) in [6.07, 6.45) is 0.100. The summed E-state index contributed by atoms with van der Waals surface area (Å²) >= 11 is 1.75. The number of hydrogen-bond donors (Lipinski definition) is 2. The fourth-order valence-electron chi connectivity index (χ4n) is 1.48. The maximum atomic E-state index is 11.6. The van der Waals surface area contributed by atoms with E-state index in [0.717, 1.165) is 11.6 Å². The van der Waals surface area contributed by atoms with Crippen LogP contribution in [-0.4, -0.2) is 43.3 Å². The molecule has 0 aliphatic carbocycles. The van der Waals surface area contributed by atoms with Gasteiger partial charge in [-0.15, -0.1) is 24.2 Å². The largest absolute Gasteiger partial charge is 0.379 e. The van der Waals surface area contributed by atoms with E-state index in [0.29, 0.717) is 12.5 Å². The lowest BCUT2D eigenvalue weighted by Crippen LogP contribution is -2.45. The predicted molar refractivity (Wildman–Crippen MR) is 70.1 cm³/mol. The molecule has 2 atom stereocenters. The molecule has 0 spiro atoms. The zero-order valence-corrected chi connectivity index (χ0v) is 11.6.